The fraction of sp³-hybridized carbons (Fsp3) is 0.692. The van der Waals surface area contributed by atoms with Gasteiger partial charge in [0.15, 0.2) is 11.5 Å². The molecule has 96 valence electrons. The van der Waals surface area contributed by atoms with Gasteiger partial charge < -0.3 is 4.74 Å². The highest BCUT2D eigenvalue weighted by atomic mass is 16.5. The summed E-state index contributed by atoms with van der Waals surface area (Å²) in [6.07, 6.45) is 3.06. The number of ketones is 1. The number of nitrogens with zero attached hydrogens (tertiary/aromatic N) is 2. The highest BCUT2D eigenvalue weighted by Gasteiger charge is 2.24. The van der Waals surface area contributed by atoms with Crippen molar-refractivity contribution in [3.63, 3.8) is 0 Å². The van der Waals surface area contributed by atoms with Crippen LogP contribution in [0.15, 0.2) is 6.20 Å². The van der Waals surface area contributed by atoms with Crippen LogP contribution in [0.1, 0.15) is 51.0 Å². The average Bonchev–Trinajstić information content (AvgIpc) is 2.58. The topological polar surface area (TPSA) is 44.1 Å². The maximum atomic E-state index is 12.3. The van der Waals surface area contributed by atoms with Gasteiger partial charge in [0.25, 0.3) is 0 Å². The summed E-state index contributed by atoms with van der Waals surface area (Å²) in [7, 11) is 1.57. The van der Waals surface area contributed by atoms with Crippen LogP contribution in [0.3, 0.4) is 0 Å². The summed E-state index contributed by atoms with van der Waals surface area (Å²) in [4.78, 5) is 12.3. The summed E-state index contributed by atoms with van der Waals surface area (Å²) >= 11 is 0. The van der Waals surface area contributed by atoms with Gasteiger partial charge in [-0.2, -0.15) is 5.10 Å². The highest BCUT2D eigenvalue weighted by Crippen LogP contribution is 2.26. The minimum Gasteiger partial charge on any atom is -0.493 e. The molecule has 0 saturated heterocycles. The number of rotatable bonds is 5. The van der Waals surface area contributed by atoms with Crippen molar-refractivity contribution in [2.24, 2.45) is 5.41 Å². The number of hydrogen-bond acceptors (Lipinski definition) is 3. The molecule has 0 saturated carbocycles. The molecule has 0 unspecified atom stereocenters. The second-order valence-corrected chi connectivity index (χ2v) is 5.45. The Morgan fingerprint density at radius 2 is 2.12 bits per heavy atom. The van der Waals surface area contributed by atoms with Crippen molar-refractivity contribution >= 4 is 5.78 Å². The fourth-order valence-electron chi connectivity index (χ4n) is 1.75. The number of aryl methyl sites for hydroxylation is 1. The van der Waals surface area contributed by atoms with E-state index in [1.807, 2.05) is 0 Å². The summed E-state index contributed by atoms with van der Waals surface area (Å²) in [6.45, 7) is 8.97. The quantitative estimate of drug-likeness (QED) is 0.741. The molecule has 4 nitrogen and oxygen atoms in total. The van der Waals surface area contributed by atoms with E-state index in [-0.39, 0.29) is 11.2 Å². The molecule has 0 aliphatic heterocycles. The van der Waals surface area contributed by atoms with Gasteiger partial charge >= 0.3 is 0 Å². The zero-order valence-electron chi connectivity index (χ0n) is 11.4. The standard InChI is InChI=1S/C13H22N2O2/c1-6-7-15-12(11(17-5)9-14-15)10(16)8-13(2,3)4/h9H,6-8H2,1-5H3. The molecule has 1 rings (SSSR count). The number of carbonyl (C=O) groups is 1. The minimum atomic E-state index is -0.0244. The van der Waals surface area contributed by atoms with Crippen LogP contribution in [0.25, 0.3) is 0 Å². The first-order chi connectivity index (χ1) is 7.89. The largest absolute Gasteiger partial charge is 0.493 e. The van der Waals surface area contributed by atoms with Crippen LogP contribution in [0.5, 0.6) is 5.75 Å². The molecule has 1 aromatic rings. The molecule has 0 aromatic carbocycles. The lowest BCUT2D eigenvalue weighted by atomic mass is 9.89. The van der Waals surface area contributed by atoms with Gasteiger partial charge in [-0.1, -0.05) is 27.7 Å². The number of Topliss-reactive ketones (excluding diaryl/α,β-unsaturated/α-hetero) is 1. The Balaban J connectivity index is 3.01. The Morgan fingerprint density at radius 3 is 2.59 bits per heavy atom. The predicted molar refractivity (Wildman–Crippen MR) is 67.5 cm³/mol. The lowest BCUT2D eigenvalue weighted by Gasteiger charge is -2.17. The molecule has 4 heteroatoms. The fourth-order valence-corrected chi connectivity index (χ4v) is 1.75. The Kier molecular flexibility index (Phi) is 4.32. The number of hydrogen-bond donors (Lipinski definition) is 0. The van der Waals surface area contributed by atoms with Crippen molar-refractivity contribution in [3.8, 4) is 5.75 Å². The van der Waals surface area contributed by atoms with E-state index in [9.17, 15) is 4.79 Å². The van der Waals surface area contributed by atoms with Crippen LogP contribution in [-0.2, 0) is 6.54 Å². The molecule has 1 aromatic heterocycles. The molecule has 0 N–H and O–H groups in total. The molecule has 0 radical (unpaired) electrons. The van der Waals surface area contributed by atoms with Crippen molar-refractivity contribution in [2.45, 2.75) is 47.1 Å². The molecule has 0 atom stereocenters. The number of carbonyl (C=O) groups excluding carboxylic acids is 1. The van der Waals surface area contributed by atoms with Crippen LogP contribution in [-0.4, -0.2) is 22.7 Å². The highest BCUT2D eigenvalue weighted by molar-refractivity contribution is 5.97. The zero-order valence-corrected chi connectivity index (χ0v) is 11.4. The Bertz CT molecular complexity index is 389. The first-order valence-electron chi connectivity index (χ1n) is 6.02. The Labute approximate surface area is 103 Å². The maximum absolute atomic E-state index is 12.3. The van der Waals surface area contributed by atoms with E-state index in [2.05, 4.69) is 32.8 Å². The molecular formula is C13H22N2O2. The average molecular weight is 238 g/mol. The van der Waals surface area contributed by atoms with E-state index in [0.717, 1.165) is 13.0 Å². The molecule has 0 aliphatic rings. The van der Waals surface area contributed by atoms with Crippen molar-refractivity contribution in [1.29, 1.82) is 0 Å². The molecule has 0 spiro atoms. The Morgan fingerprint density at radius 1 is 1.47 bits per heavy atom. The van der Waals surface area contributed by atoms with Gasteiger partial charge in [-0.05, 0) is 11.8 Å². The summed E-state index contributed by atoms with van der Waals surface area (Å²) in [5, 5.41) is 4.20. The normalized spacial score (nSPS) is 11.6. The van der Waals surface area contributed by atoms with Crippen LogP contribution in [0, 0.1) is 5.41 Å². The number of ether oxygens (including phenoxy) is 1. The minimum absolute atomic E-state index is 0.0244. The van der Waals surface area contributed by atoms with Gasteiger partial charge in [-0.3, -0.25) is 9.48 Å². The van der Waals surface area contributed by atoms with Crippen LogP contribution < -0.4 is 4.74 Å². The third kappa shape index (κ3) is 3.58. The molecule has 1 heterocycles. The van der Waals surface area contributed by atoms with E-state index in [1.54, 1.807) is 18.0 Å². The van der Waals surface area contributed by atoms with Crippen molar-refractivity contribution in [3.05, 3.63) is 11.9 Å². The summed E-state index contributed by atoms with van der Waals surface area (Å²) in [5.41, 5.74) is 0.577. The maximum Gasteiger partial charge on any atom is 0.185 e. The predicted octanol–water partition coefficient (Wildman–Crippen LogP) is 2.92. The summed E-state index contributed by atoms with van der Waals surface area (Å²) in [6, 6.07) is 0. The first-order valence-corrected chi connectivity index (χ1v) is 6.02. The van der Waals surface area contributed by atoms with Gasteiger partial charge in [0.1, 0.15) is 5.69 Å². The van der Waals surface area contributed by atoms with Crippen molar-refractivity contribution in [2.75, 3.05) is 7.11 Å². The van der Waals surface area contributed by atoms with Crippen LogP contribution >= 0.6 is 0 Å². The summed E-state index contributed by atoms with van der Waals surface area (Å²) < 4.78 is 6.95. The molecule has 17 heavy (non-hydrogen) atoms. The van der Waals surface area contributed by atoms with Gasteiger partial charge in [0, 0.05) is 13.0 Å². The summed E-state index contributed by atoms with van der Waals surface area (Å²) in [5.74, 6) is 0.674. The number of aromatic nitrogens is 2. The van der Waals surface area contributed by atoms with E-state index < -0.39 is 0 Å². The first kappa shape index (κ1) is 13.7. The molecule has 0 fully saturated rings. The molecular weight excluding hydrogens is 216 g/mol. The zero-order chi connectivity index (χ0) is 13.1. The van der Waals surface area contributed by atoms with E-state index in [4.69, 9.17) is 4.74 Å². The second-order valence-electron chi connectivity index (χ2n) is 5.45. The second kappa shape index (κ2) is 5.34. The van der Waals surface area contributed by atoms with E-state index in [1.165, 1.54) is 0 Å². The lowest BCUT2D eigenvalue weighted by Crippen LogP contribution is -2.17. The van der Waals surface area contributed by atoms with E-state index >= 15 is 0 Å². The Hall–Kier alpha value is -1.32. The third-order valence-electron chi connectivity index (χ3n) is 2.42. The van der Waals surface area contributed by atoms with Gasteiger partial charge in [0.05, 0.1) is 13.3 Å². The van der Waals surface area contributed by atoms with Gasteiger partial charge in [-0.15, -0.1) is 0 Å². The van der Waals surface area contributed by atoms with Crippen LogP contribution in [0.2, 0.25) is 0 Å². The third-order valence-corrected chi connectivity index (χ3v) is 2.42. The number of methoxy groups -OCH3 is 1. The molecule has 0 bridgehead atoms. The SMILES string of the molecule is CCCn1ncc(OC)c1C(=O)CC(C)(C)C. The van der Waals surface area contributed by atoms with Crippen LogP contribution in [0.4, 0.5) is 0 Å². The lowest BCUT2D eigenvalue weighted by molar-refractivity contribution is 0.0925. The smallest absolute Gasteiger partial charge is 0.185 e. The van der Waals surface area contributed by atoms with Gasteiger partial charge in [-0.25, -0.2) is 0 Å². The van der Waals surface area contributed by atoms with Gasteiger partial charge in [0.2, 0.25) is 0 Å². The monoisotopic (exact) mass is 238 g/mol. The van der Waals surface area contributed by atoms with Crippen molar-refractivity contribution < 1.29 is 9.53 Å². The molecule has 0 aliphatic carbocycles. The van der Waals surface area contributed by atoms with Crippen molar-refractivity contribution in [1.82, 2.24) is 9.78 Å². The van der Waals surface area contributed by atoms with E-state index in [0.29, 0.717) is 17.9 Å². The molecule has 0 amide bonds.